The first-order valence-corrected chi connectivity index (χ1v) is 9.73. The van der Waals surface area contributed by atoms with Gasteiger partial charge in [-0.1, -0.05) is 41.5 Å². The molecule has 0 spiro atoms. The molecule has 1 aromatic heterocycles. The van der Waals surface area contributed by atoms with Crippen LogP contribution in [0, 0.1) is 11.3 Å². The molecule has 2 aliphatic rings. The molecule has 0 aliphatic heterocycles. The van der Waals surface area contributed by atoms with E-state index in [0.29, 0.717) is 5.41 Å². The smallest absolute Gasteiger partial charge is 0.223 e. The predicted molar refractivity (Wildman–Crippen MR) is 102 cm³/mol. The summed E-state index contributed by atoms with van der Waals surface area (Å²) in [7, 11) is 0. The highest BCUT2D eigenvalue weighted by Gasteiger charge is 2.46. The van der Waals surface area contributed by atoms with Crippen LogP contribution in [-0.4, -0.2) is 10.9 Å². The minimum Gasteiger partial charge on any atom is -0.346 e. The van der Waals surface area contributed by atoms with Gasteiger partial charge in [-0.15, -0.1) is 0 Å². The van der Waals surface area contributed by atoms with Gasteiger partial charge in [0.25, 0.3) is 0 Å². The Kier molecular flexibility index (Phi) is 7.92. The average molecular weight is 333 g/mol. The topological polar surface area (TPSA) is 42.0 Å². The Morgan fingerprint density at radius 3 is 1.96 bits per heavy atom. The molecular weight excluding hydrogens is 296 g/mol. The normalized spacial score (nSPS) is 20.6. The molecule has 2 aliphatic carbocycles. The fourth-order valence-electron chi connectivity index (χ4n) is 3.28. The zero-order chi connectivity index (χ0) is 18.2. The summed E-state index contributed by atoms with van der Waals surface area (Å²) in [6.45, 7) is 12.6. The van der Waals surface area contributed by atoms with Crippen molar-refractivity contribution in [3.8, 4) is 0 Å². The number of pyridine rings is 1. The molecule has 2 fully saturated rings. The highest BCUT2D eigenvalue weighted by atomic mass is 16.2. The standard InChI is InChI=1S/C17H24N2O.2C2H6/c1-16(2)7-3-13(4-8-16)15(20)19-17(9-10-17)14-5-11-18-12-6-14;2*1-2/h5-6,11-13H,3-4,7-10H2,1-2H3,(H,19,20);2*1-2H3. The summed E-state index contributed by atoms with van der Waals surface area (Å²) < 4.78 is 0. The van der Waals surface area contributed by atoms with Crippen LogP contribution in [0.2, 0.25) is 0 Å². The molecule has 1 aromatic rings. The first-order valence-electron chi connectivity index (χ1n) is 9.73. The lowest BCUT2D eigenvalue weighted by molar-refractivity contribution is -0.127. The van der Waals surface area contributed by atoms with Crippen molar-refractivity contribution in [3.05, 3.63) is 30.1 Å². The highest BCUT2D eigenvalue weighted by Crippen LogP contribution is 2.46. The van der Waals surface area contributed by atoms with Gasteiger partial charge in [-0.05, 0) is 61.6 Å². The van der Waals surface area contributed by atoms with Crippen molar-refractivity contribution >= 4 is 5.91 Å². The molecule has 0 saturated heterocycles. The third kappa shape index (κ3) is 5.32. The van der Waals surface area contributed by atoms with E-state index in [1.165, 1.54) is 5.56 Å². The van der Waals surface area contributed by atoms with E-state index in [1.807, 2.05) is 52.2 Å². The van der Waals surface area contributed by atoms with Gasteiger partial charge in [0.2, 0.25) is 5.91 Å². The fraction of sp³-hybridized carbons (Fsp3) is 0.714. The van der Waals surface area contributed by atoms with Crippen molar-refractivity contribution in [2.45, 2.75) is 85.6 Å². The van der Waals surface area contributed by atoms with Gasteiger partial charge in [-0.25, -0.2) is 0 Å². The summed E-state index contributed by atoms with van der Waals surface area (Å²) in [6.07, 6.45) is 10.1. The summed E-state index contributed by atoms with van der Waals surface area (Å²) in [4.78, 5) is 16.6. The second-order valence-electron chi connectivity index (χ2n) is 7.25. The predicted octanol–water partition coefficient (Wildman–Crippen LogP) is 5.46. The van der Waals surface area contributed by atoms with E-state index < -0.39 is 0 Å². The molecule has 3 rings (SSSR count). The number of hydrogen-bond donors (Lipinski definition) is 1. The lowest BCUT2D eigenvalue weighted by Gasteiger charge is -2.34. The van der Waals surface area contributed by atoms with E-state index >= 15 is 0 Å². The summed E-state index contributed by atoms with van der Waals surface area (Å²) >= 11 is 0. The third-order valence-corrected chi connectivity index (χ3v) is 5.06. The molecule has 0 radical (unpaired) electrons. The van der Waals surface area contributed by atoms with E-state index in [4.69, 9.17) is 0 Å². The van der Waals surface area contributed by atoms with Crippen molar-refractivity contribution in [1.82, 2.24) is 10.3 Å². The van der Waals surface area contributed by atoms with Gasteiger partial charge >= 0.3 is 0 Å². The van der Waals surface area contributed by atoms with E-state index in [1.54, 1.807) is 0 Å². The Balaban J connectivity index is 0.000000671. The number of carbonyl (C=O) groups is 1. The minimum atomic E-state index is -0.0903. The number of nitrogens with zero attached hydrogens (tertiary/aromatic N) is 1. The maximum atomic E-state index is 12.5. The molecule has 3 nitrogen and oxygen atoms in total. The second kappa shape index (κ2) is 9.19. The monoisotopic (exact) mass is 332 g/mol. The van der Waals surface area contributed by atoms with E-state index in [2.05, 4.69) is 24.1 Å². The maximum Gasteiger partial charge on any atom is 0.223 e. The van der Waals surface area contributed by atoms with Gasteiger partial charge in [-0.3, -0.25) is 9.78 Å². The first-order chi connectivity index (χ1) is 11.5. The summed E-state index contributed by atoms with van der Waals surface area (Å²) in [5.74, 6) is 0.470. The summed E-state index contributed by atoms with van der Waals surface area (Å²) in [6, 6.07) is 4.05. The molecule has 0 bridgehead atoms. The Morgan fingerprint density at radius 2 is 1.50 bits per heavy atom. The van der Waals surface area contributed by atoms with Crippen molar-refractivity contribution in [2.24, 2.45) is 11.3 Å². The van der Waals surface area contributed by atoms with E-state index in [9.17, 15) is 4.79 Å². The molecule has 136 valence electrons. The highest BCUT2D eigenvalue weighted by molar-refractivity contribution is 5.80. The van der Waals surface area contributed by atoms with Crippen LogP contribution < -0.4 is 5.32 Å². The van der Waals surface area contributed by atoms with Crippen LogP contribution in [0.4, 0.5) is 0 Å². The average Bonchev–Trinajstić information content (AvgIpc) is 3.40. The first kappa shape index (κ1) is 20.7. The molecule has 1 N–H and O–H groups in total. The van der Waals surface area contributed by atoms with Crippen molar-refractivity contribution in [1.29, 1.82) is 0 Å². The molecule has 24 heavy (non-hydrogen) atoms. The molecule has 0 unspecified atom stereocenters. The zero-order valence-electron chi connectivity index (χ0n) is 16.5. The fourth-order valence-corrected chi connectivity index (χ4v) is 3.28. The van der Waals surface area contributed by atoms with Gasteiger partial charge in [0.05, 0.1) is 5.54 Å². The van der Waals surface area contributed by atoms with Crippen LogP contribution >= 0.6 is 0 Å². The molecule has 2 saturated carbocycles. The third-order valence-electron chi connectivity index (χ3n) is 5.06. The van der Waals surface area contributed by atoms with Gasteiger partial charge in [-0.2, -0.15) is 0 Å². The number of carbonyl (C=O) groups excluding carboxylic acids is 1. The maximum absolute atomic E-state index is 12.5. The van der Waals surface area contributed by atoms with Crippen LogP contribution in [0.3, 0.4) is 0 Å². The zero-order valence-corrected chi connectivity index (χ0v) is 16.5. The Labute approximate surface area is 148 Å². The molecule has 1 amide bonds. The Hall–Kier alpha value is -1.38. The number of nitrogens with one attached hydrogen (secondary N) is 1. The van der Waals surface area contributed by atoms with Gasteiger partial charge in [0.1, 0.15) is 0 Å². The van der Waals surface area contributed by atoms with Crippen LogP contribution in [0.1, 0.15) is 85.6 Å². The van der Waals surface area contributed by atoms with Crippen LogP contribution in [-0.2, 0) is 10.3 Å². The van der Waals surface area contributed by atoms with Crippen LogP contribution in [0.15, 0.2) is 24.5 Å². The van der Waals surface area contributed by atoms with Gasteiger partial charge in [0.15, 0.2) is 0 Å². The lowest BCUT2D eigenvalue weighted by atomic mass is 9.73. The number of rotatable bonds is 3. The summed E-state index contributed by atoms with van der Waals surface area (Å²) in [5.41, 5.74) is 1.53. The quantitative estimate of drug-likeness (QED) is 0.799. The van der Waals surface area contributed by atoms with Crippen LogP contribution in [0.25, 0.3) is 0 Å². The molecule has 0 atom stereocenters. The number of aromatic nitrogens is 1. The number of amides is 1. The van der Waals surface area contributed by atoms with E-state index in [-0.39, 0.29) is 17.4 Å². The van der Waals surface area contributed by atoms with Crippen molar-refractivity contribution < 1.29 is 4.79 Å². The molecule has 1 heterocycles. The molecule has 0 aromatic carbocycles. The van der Waals surface area contributed by atoms with Gasteiger partial charge in [0, 0.05) is 18.3 Å². The van der Waals surface area contributed by atoms with Crippen molar-refractivity contribution in [3.63, 3.8) is 0 Å². The van der Waals surface area contributed by atoms with Gasteiger partial charge < -0.3 is 5.32 Å². The lowest BCUT2D eigenvalue weighted by Crippen LogP contribution is -2.40. The summed E-state index contributed by atoms with van der Waals surface area (Å²) in [5, 5.41) is 3.31. The van der Waals surface area contributed by atoms with Crippen LogP contribution in [0.5, 0.6) is 0 Å². The minimum absolute atomic E-state index is 0.0903. The van der Waals surface area contributed by atoms with Crippen molar-refractivity contribution in [2.75, 3.05) is 0 Å². The number of hydrogen-bond acceptors (Lipinski definition) is 2. The SMILES string of the molecule is CC.CC.CC1(C)CCC(C(=O)NC2(c3ccncc3)CC2)CC1. The molecular formula is C21H36N2O. The Morgan fingerprint density at radius 1 is 1.00 bits per heavy atom. The van der Waals surface area contributed by atoms with E-state index in [0.717, 1.165) is 38.5 Å². The Bertz CT molecular complexity index is 482. The molecule has 3 heteroatoms. The second-order valence-corrected chi connectivity index (χ2v) is 7.25. The largest absolute Gasteiger partial charge is 0.346 e.